The lowest BCUT2D eigenvalue weighted by atomic mass is 10.4. The summed E-state index contributed by atoms with van der Waals surface area (Å²) < 4.78 is 9.90. The molecule has 0 amide bonds. The molecule has 0 saturated carbocycles. The molecule has 1 heterocycles. The third-order valence-electron chi connectivity index (χ3n) is 2.40. The van der Waals surface area contributed by atoms with Gasteiger partial charge in [0.2, 0.25) is 5.82 Å². The first-order chi connectivity index (χ1) is 9.49. The Morgan fingerprint density at radius 3 is 2.55 bits per heavy atom. The van der Waals surface area contributed by atoms with Crippen LogP contribution in [0.2, 0.25) is 0 Å². The van der Waals surface area contributed by atoms with Crippen LogP contribution in [0.1, 0.15) is 5.82 Å². The second-order valence-corrected chi connectivity index (χ2v) is 4.27. The van der Waals surface area contributed by atoms with Crippen LogP contribution < -0.4 is 10.1 Å². The fourth-order valence-corrected chi connectivity index (χ4v) is 1.50. The van der Waals surface area contributed by atoms with E-state index in [0.717, 1.165) is 0 Å². The van der Waals surface area contributed by atoms with Crippen molar-refractivity contribution in [1.82, 2.24) is 14.9 Å². The molecule has 0 spiro atoms. The van der Waals surface area contributed by atoms with Crippen molar-refractivity contribution in [3.63, 3.8) is 0 Å². The summed E-state index contributed by atoms with van der Waals surface area (Å²) >= 11 is 0. The van der Waals surface area contributed by atoms with Crippen molar-refractivity contribution in [2.24, 2.45) is 0 Å². The number of aromatic nitrogens is 2. The van der Waals surface area contributed by atoms with E-state index in [1.807, 2.05) is 19.0 Å². The maximum Gasteiger partial charge on any atom is 0.372 e. The maximum absolute atomic E-state index is 11.1. The van der Waals surface area contributed by atoms with E-state index in [0.29, 0.717) is 18.9 Å². The van der Waals surface area contributed by atoms with Gasteiger partial charge in [-0.05, 0) is 14.1 Å². The maximum atomic E-state index is 11.1. The van der Waals surface area contributed by atoms with Gasteiger partial charge >= 0.3 is 5.69 Å². The van der Waals surface area contributed by atoms with Crippen LogP contribution in [0.5, 0.6) is 5.88 Å². The predicted octanol–water partition coefficient (Wildman–Crippen LogP) is 0.513. The first-order valence-electron chi connectivity index (χ1n) is 5.96. The Morgan fingerprint density at radius 2 is 2.05 bits per heavy atom. The minimum Gasteiger partial charge on any atom is -0.476 e. The number of rotatable bonds is 8. The van der Waals surface area contributed by atoms with E-state index in [1.165, 1.54) is 14.2 Å². The number of ether oxygens (including phenoxy) is 2. The fourth-order valence-electron chi connectivity index (χ4n) is 1.50. The van der Waals surface area contributed by atoms with Gasteiger partial charge in [0.25, 0.3) is 5.88 Å². The van der Waals surface area contributed by atoms with Gasteiger partial charge in [-0.1, -0.05) is 0 Å². The highest BCUT2D eigenvalue weighted by atomic mass is 16.6. The van der Waals surface area contributed by atoms with Crippen molar-refractivity contribution in [2.75, 3.05) is 46.7 Å². The number of hydrogen-bond donors (Lipinski definition) is 1. The van der Waals surface area contributed by atoms with Crippen LogP contribution in [0, 0.1) is 10.1 Å². The first kappa shape index (κ1) is 16.1. The molecule has 0 radical (unpaired) electrons. The molecule has 9 heteroatoms. The summed E-state index contributed by atoms with van der Waals surface area (Å²) in [4.78, 5) is 20.6. The number of likely N-dealkylation sites (N-methyl/N-ethyl adjacent to an activating group) is 1. The van der Waals surface area contributed by atoms with Gasteiger partial charge in [0, 0.05) is 20.2 Å². The van der Waals surface area contributed by atoms with Crippen LogP contribution in [0.4, 0.5) is 11.5 Å². The summed E-state index contributed by atoms with van der Waals surface area (Å²) in [5, 5.41) is 14.1. The zero-order valence-corrected chi connectivity index (χ0v) is 12.0. The monoisotopic (exact) mass is 285 g/mol. The van der Waals surface area contributed by atoms with E-state index < -0.39 is 4.92 Å². The third kappa shape index (κ3) is 4.28. The van der Waals surface area contributed by atoms with Gasteiger partial charge in [0.1, 0.15) is 6.61 Å². The zero-order valence-electron chi connectivity index (χ0n) is 12.0. The van der Waals surface area contributed by atoms with E-state index in [9.17, 15) is 10.1 Å². The van der Waals surface area contributed by atoms with Gasteiger partial charge in [0.15, 0.2) is 5.82 Å². The molecule has 1 aromatic rings. The molecule has 1 aromatic heterocycles. The average molecular weight is 285 g/mol. The van der Waals surface area contributed by atoms with Crippen molar-refractivity contribution in [1.29, 1.82) is 0 Å². The first-order valence-corrected chi connectivity index (χ1v) is 5.96. The lowest BCUT2D eigenvalue weighted by molar-refractivity contribution is -0.385. The molecular weight excluding hydrogens is 266 g/mol. The molecule has 0 aromatic carbocycles. The number of nitrogens with zero attached hydrogens (tertiary/aromatic N) is 4. The standard InChI is InChI=1S/C11H19N5O4/c1-15(2)6-5-12-10-9(16(17)18)11(20-4)14-8(13-10)7-19-3/h5-7H2,1-4H3,(H,12,13,14). The Bertz CT molecular complexity index is 466. The number of anilines is 1. The van der Waals surface area contributed by atoms with Gasteiger partial charge in [-0.25, -0.2) is 4.98 Å². The highest BCUT2D eigenvalue weighted by molar-refractivity contribution is 5.61. The molecule has 0 unspecified atom stereocenters. The number of nitro groups is 1. The van der Waals surface area contributed by atoms with Gasteiger partial charge < -0.3 is 19.7 Å². The number of methoxy groups -OCH3 is 2. The van der Waals surface area contributed by atoms with Crippen LogP contribution >= 0.6 is 0 Å². The Morgan fingerprint density at radius 1 is 1.35 bits per heavy atom. The molecule has 0 saturated heterocycles. The Hall–Kier alpha value is -2.00. The second-order valence-electron chi connectivity index (χ2n) is 4.27. The van der Waals surface area contributed by atoms with Crippen molar-refractivity contribution in [3.05, 3.63) is 15.9 Å². The Labute approximate surface area is 117 Å². The summed E-state index contributed by atoms with van der Waals surface area (Å²) in [7, 11) is 6.64. The molecule has 0 atom stereocenters. The fraction of sp³-hybridized carbons (Fsp3) is 0.636. The molecule has 0 aliphatic carbocycles. The summed E-state index contributed by atoms with van der Waals surface area (Å²) in [5.41, 5.74) is -0.272. The van der Waals surface area contributed by atoms with Crippen LogP contribution in [-0.2, 0) is 11.3 Å². The quantitative estimate of drug-likeness (QED) is 0.544. The normalized spacial score (nSPS) is 10.7. The largest absolute Gasteiger partial charge is 0.476 e. The summed E-state index contributed by atoms with van der Waals surface area (Å²) in [6, 6.07) is 0. The SMILES string of the molecule is COCc1nc(NCCN(C)C)c([N+](=O)[O-])c(OC)n1. The van der Waals surface area contributed by atoms with E-state index in [1.54, 1.807) is 0 Å². The van der Waals surface area contributed by atoms with Gasteiger partial charge in [-0.2, -0.15) is 4.98 Å². The Kier molecular flexibility index (Phi) is 6.07. The lowest BCUT2D eigenvalue weighted by Crippen LogP contribution is -2.22. The van der Waals surface area contributed by atoms with Crippen molar-refractivity contribution >= 4 is 11.5 Å². The Balaban J connectivity index is 3.08. The molecule has 0 aliphatic rings. The topological polar surface area (TPSA) is 103 Å². The zero-order chi connectivity index (χ0) is 15.1. The molecule has 112 valence electrons. The van der Waals surface area contributed by atoms with E-state index in [2.05, 4.69) is 15.3 Å². The van der Waals surface area contributed by atoms with Gasteiger partial charge in [-0.15, -0.1) is 0 Å². The molecule has 0 bridgehead atoms. The molecule has 0 aliphatic heterocycles. The predicted molar refractivity (Wildman–Crippen MR) is 73.0 cm³/mol. The van der Waals surface area contributed by atoms with E-state index in [-0.39, 0.29) is 24.0 Å². The number of nitrogens with one attached hydrogen (secondary N) is 1. The highest BCUT2D eigenvalue weighted by Crippen LogP contribution is 2.31. The third-order valence-corrected chi connectivity index (χ3v) is 2.40. The van der Waals surface area contributed by atoms with Crippen molar-refractivity contribution < 1.29 is 14.4 Å². The summed E-state index contributed by atoms with van der Waals surface area (Å²) in [6.07, 6.45) is 0. The van der Waals surface area contributed by atoms with Crippen LogP contribution in [-0.4, -0.2) is 61.2 Å². The van der Waals surface area contributed by atoms with Crippen LogP contribution in [0.3, 0.4) is 0 Å². The molecule has 0 fully saturated rings. The van der Waals surface area contributed by atoms with Gasteiger partial charge in [-0.3, -0.25) is 10.1 Å². The van der Waals surface area contributed by atoms with Crippen molar-refractivity contribution in [2.45, 2.75) is 6.61 Å². The molecule has 1 rings (SSSR count). The van der Waals surface area contributed by atoms with E-state index >= 15 is 0 Å². The van der Waals surface area contributed by atoms with Crippen LogP contribution in [0.15, 0.2) is 0 Å². The van der Waals surface area contributed by atoms with Crippen molar-refractivity contribution in [3.8, 4) is 5.88 Å². The molecular formula is C11H19N5O4. The smallest absolute Gasteiger partial charge is 0.372 e. The van der Waals surface area contributed by atoms with Gasteiger partial charge in [0.05, 0.1) is 12.0 Å². The summed E-state index contributed by atoms with van der Waals surface area (Å²) in [6.45, 7) is 1.38. The van der Waals surface area contributed by atoms with E-state index in [4.69, 9.17) is 9.47 Å². The highest BCUT2D eigenvalue weighted by Gasteiger charge is 2.25. The molecule has 20 heavy (non-hydrogen) atoms. The average Bonchev–Trinajstić information content (AvgIpc) is 2.37. The molecule has 1 N–H and O–H groups in total. The molecule has 9 nitrogen and oxygen atoms in total. The minimum atomic E-state index is -0.562. The minimum absolute atomic E-state index is 0.0793. The second kappa shape index (κ2) is 7.56. The summed E-state index contributed by atoms with van der Waals surface area (Å²) in [5.74, 6) is 0.377. The lowest BCUT2D eigenvalue weighted by Gasteiger charge is -2.12. The number of hydrogen-bond acceptors (Lipinski definition) is 8. The van der Waals surface area contributed by atoms with Crippen LogP contribution in [0.25, 0.3) is 0 Å².